The Balaban J connectivity index is 1.99. The molecule has 1 aromatic rings. The van der Waals surface area contributed by atoms with Crippen LogP contribution in [0.4, 0.5) is 0 Å². The molecule has 0 bridgehead atoms. The summed E-state index contributed by atoms with van der Waals surface area (Å²) in [6, 6.07) is 6.90. The van der Waals surface area contributed by atoms with Crippen LogP contribution in [0, 0.1) is 12.8 Å². The molecule has 4 N–H and O–H groups in total. The van der Waals surface area contributed by atoms with E-state index in [0.29, 0.717) is 5.56 Å². The lowest BCUT2D eigenvalue weighted by Crippen LogP contribution is -2.56. The van der Waals surface area contributed by atoms with Crippen molar-refractivity contribution in [3.05, 3.63) is 35.4 Å². The zero-order chi connectivity index (χ0) is 17.7. The van der Waals surface area contributed by atoms with Gasteiger partial charge in [-0.3, -0.25) is 9.59 Å². The molecule has 0 unspecified atom stereocenters. The zero-order valence-corrected chi connectivity index (χ0v) is 14.8. The molecular formula is C19H29N3O2. The summed E-state index contributed by atoms with van der Waals surface area (Å²) in [6.07, 6.45) is 3.86. The number of rotatable bonds is 5. The van der Waals surface area contributed by atoms with Crippen molar-refractivity contribution in [2.45, 2.75) is 64.6 Å². The molecule has 24 heavy (non-hydrogen) atoms. The molecule has 3 atom stereocenters. The van der Waals surface area contributed by atoms with E-state index in [1.54, 1.807) is 0 Å². The van der Waals surface area contributed by atoms with Gasteiger partial charge < -0.3 is 16.4 Å². The third-order valence-corrected chi connectivity index (χ3v) is 4.74. The minimum atomic E-state index is -0.514. The van der Waals surface area contributed by atoms with Crippen LogP contribution < -0.4 is 16.4 Å². The second-order valence-corrected chi connectivity index (χ2v) is 7.12. The van der Waals surface area contributed by atoms with Crippen molar-refractivity contribution in [2.75, 3.05) is 0 Å². The van der Waals surface area contributed by atoms with Crippen LogP contribution in [-0.4, -0.2) is 29.9 Å². The van der Waals surface area contributed by atoms with Gasteiger partial charge in [-0.05, 0) is 37.8 Å². The highest BCUT2D eigenvalue weighted by Crippen LogP contribution is 2.19. The van der Waals surface area contributed by atoms with E-state index in [4.69, 9.17) is 5.73 Å². The van der Waals surface area contributed by atoms with Crippen molar-refractivity contribution < 1.29 is 9.59 Å². The molecule has 1 aromatic carbocycles. The molecular weight excluding hydrogens is 302 g/mol. The average molecular weight is 331 g/mol. The van der Waals surface area contributed by atoms with E-state index < -0.39 is 6.04 Å². The van der Waals surface area contributed by atoms with Crippen molar-refractivity contribution in [3.63, 3.8) is 0 Å². The van der Waals surface area contributed by atoms with Gasteiger partial charge in [0.15, 0.2) is 0 Å². The Morgan fingerprint density at radius 1 is 1.04 bits per heavy atom. The number of aryl methyl sites for hydroxylation is 1. The van der Waals surface area contributed by atoms with Crippen molar-refractivity contribution in [3.8, 4) is 0 Å². The van der Waals surface area contributed by atoms with Gasteiger partial charge in [0, 0.05) is 17.6 Å². The summed E-state index contributed by atoms with van der Waals surface area (Å²) >= 11 is 0. The Morgan fingerprint density at radius 2 is 1.58 bits per heavy atom. The second kappa shape index (κ2) is 8.29. The predicted octanol–water partition coefficient (Wildman–Crippen LogP) is 2.14. The van der Waals surface area contributed by atoms with Gasteiger partial charge in [-0.1, -0.05) is 44.4 Å². The summed E-state index contributed by atoms with van der Waals surface area (Å²) in [5, 5.41) is 6.12. The number of benzene rings is 1. The predicted molar refractivity (Wildman–Crippen MR) is 95.6 cm³/mol. The number of hydrogen-bond acceptors (Lipinski definition) is 3. The van der Waals surface area contributed by atoms with Crippen LogP contribution in [-0.2, 0) is 4.79 Å². The van der Waals surface area contributed by atoms with Crippen LogP contribution >= 0.6 is 0 Å². The van der Waals surface area contributed by atoms with Gasteiger partial charge in [0.1, 0.15) is 0 Å². The Labute approximate surface area is 144 Å². The first-order chi connectivity index (χ1) is 11.4. The monoisotopic (exact) mass is 331 g/mol. The molecule has 2 amide bonds. The van der Waals surface area contributed by atoms with E-state index in [1.165, 1.54) is 0 Å². The smallest absolute Gasteiger partial charge is 0.251 e. The third kappa shape index (κ3) is 4.81. The maximum Gasteiger partial charge on any atom is 0.251 e. The highest BCUT2D eigenvalue weighted by atomic mass is 16.2. The fourth-order valence-electron chi connectivity index (χ4n) is 3.01. The van der Waals surface area contributed by atoms with E-state index >= 15 is 0 Å². The molecule has 0 saturated heterocycles. The molecule has 2 rings (SSSR count). The summed E-state index contributed by atoms with van der Waals surface area (Å²) in [5.74, 6) is -0.130. The Kier molecular flexibility index (Phi) is 6.37. The number of nitrogens with two attached hydrogens (primary N) is 1. The summed E-state index contributed by atoms with van der Waals surface area (Å²) in [5.41, 5.74) is 7.70. The SMILES string of the molecule is Cc1ccc(C(=O)N[C@@H]2CCCC[C@H]2NC(=O)[C@H](N)C(C)C)cc1. The molecule has 0 spiro atoms. The second-order valence-electron chi connectivity index (χ2n) is 7.12. The number of carbonyl (C=O) groups excluding carboxylic acids is 2. The molecule has 1 aliphatic carbocycles. The topological polar surface area (TPSA) is 84.2 Å². The maximum absolute atomic E-state index is 12.4. The number of nitrogens with one attached hydrogen (secondary N) is 2. The lowest BCUT2D eigenvalue weighted by Gasteiger charge is -2.33. The van der Waals surface area contributed by atoms with Crippen molar-refractivity contribution >= 4 is 11.8 Å². The van der Waals surface area contributed by atoms with Crippen LogP contribution in [0.1, 0.15) is 55.5 Å². The number of amides is 2. The Morgan fingerprint density at radius 3 is 2.12 bits per heavy atom. The molecule has 0 heterocycles. The van der Waals surface area contributed by atoms with Gasteiger partial charge in [0.2, 0.25) is 5.91 Å². The minimum Gasteiger partial charge on any atom is -0.350 e. The molecule has 5 heteroatoms. The first kappa shape index (κ1) is 18.5. The van der Waals surface area contributed by atoms with Crippen molar-refractivity contribution in [2.24, 2.45) is 11.7 Å². The van der Waals surface area contributed by atoms with E-state index in [0.717, 1.165) is 31.2 Å². The van der Waals surface area contributed by atoms with Gasteiger partial charge in [-0.25, -0.2) is 0 Å². The summed E-state index contributed by atoms with van der Waals surface area (Å²) in [4.78, 5) is 24.7. The molecule has 1 aliphatic rings. The molecule has 0 radical (unpaired) electrons. The van der Waals surface area contributed by atoms with E-state index in [2.05, 4.69) is 10.6 Å². The molecule has 132 valence electrons. The third-order valence-electron chi connectivity index (χ3n) is 4.74. The van der Waals surface area contributed by atoms with Crippen molar-refractivity contribution in [1.82, 2.24) is 10.6 Å². The first-order valence-corrected chi connectivity index (χ1v) is 8.82. The van der Waals surface area contributed by atoms with Crippen LogP contribution in [0.15, 0.2) is 24.3 Å². The molecule has 0 aromatic heterocycles. The number of hydrogen-bond donors (Lipinski definition) is 3. The van der Waals surface area contributed by atoms with Gasteiger partial charge >= 0.3 is 0 Å². The Hall–Kier alpha value is -1.88. The van der Waals surface area contributed by atoms with Gasteiger partial charge in [0.05, 0.1) is 6.04 Å². The highest BCUT2D eigenvalue weighted by Gasteiger charge is 2.30. The summed E-state index contributed by atoms with van der Waals surface area (Å²) in [7, 11) is 0. The lowest BCUT2D eigenvalue weighted by molar-refractivity contribution is -0.124. The molecule has 0 aliphatic heterocycles. The summed E-state index contributed by atoms with van der Waals surface area (Å²) in [6.45, 7) is 5.86. The minimum absolute atomic E-state index is 0.0455. The maximum atomic E-state index is 12.4. The fraction of sp³-hybridized carbons (Fsp3) is 0.579. The lowest BCUT2D eigenvalue weighted by atomic mass is 9.89. The van der Waals surface area contributed by atoms with Gasteiger partial charge in [-0.2, -0.15) is 0 Å². The Bertz CT molecular complexity index is 568. The quantitative estimate of drug-likeness (QED) is 0.773. The van der Waals surface area contributed by atoms with E-state index in [-0.39, 0.29) is 29.8 Å². The van der Waals surface area contributed by atoms with Gasteiger partial charge in [0.25, 0.3) is 5.91 Å². The fourth-order valence-corrected chi connectivity index (χ4v) is 3.01. The van der Waals surface area contributed by atoms with E-state index in [9.17, 15) is 9.59 Å². The number of carbonyl (C=O) groups is 2. The van der Waals surface area contributed by atoms with Crippen LogP contribution in [0.25, 0.3) is 0 Å². The van der Waals surface area contributed by atoms with Crippen LogP contribution in [0.5, 0.6) is 0 Å². The summed E-state index contributed by atoms with van der Waals surface area (Å²) < 4.78 is 0. The van der Waals surface area contributed by atoms with Gasteiger partial charge in [-0.15, -0.1) is 0 Å². The van der Waals surface area contributed by atoms with Crippen LogP contribution in [0.3, 0.4) is 0 Å². The largest absolute Gasteiger partial charge is 0.350 e. The van der Waals surface area contributed by atoms with Crippen molar-refractivity contribution in [1.29, 1.82) is 0 Å². The molecule has 1 fully saturated rings. The first-order valence-electron chi connectivity index (χ1n) is 8.82. The highest BCUT2D eigenvalue weighted by molar-refractivity contribution is 5.94. The zero-order valence-electron chi connectivity index (χ0n) is 14.8. The molecule has 5 nitrogen and oxygen atoms in total. The van der Waals surface area contributed by atoms with Crippen LogP contribution in [0.2, 0.25) is 0 Å². The molecule has 1 saturated carbocycles. The average Bonchev–Trinajstić information content (AvgIpc) is 2.56. The van der Waals surface area contributed by atoms with E-state index in [1.807, 2.05) is 45.0 Å². The normalized spacial score (nSPS) is 22.0. The standard InChI is InChI=1S/C19H29N3O2/c1-12(2)17(20)19(24)22-16-7-5-4-6-15(16)21-18(23)14-10-8-13(3)9-11-14/h8-12,15-17H,4-7,20H2,1-3H3,(H,21,23)(H,22,24)/t15-,16-,17-/m1/s1.